The summed E-state index contributed by atoms with van der Waals surface area (Å²) in [6.07, 6.45) is 4.29. The van der Waals surface area contributed by atoms with E-state index in [9.17, 15) is 0 Å². The van der Waals surface area contributed by atoms with Gasteiger partial charge in [0.25, 0.3) is 0 Å². The van der Waals surface area contributed by atoms with Gasteiger partial charge in [0, 0.05) is 25.6 Å². The first-order valence-corrected chi connectivity index (χ1v) is 7.38. The van der Waals surface area contributed by atoms with Crippen LogP contribution >= 0.6 is 11.6 Å². The highest BCUT2D eigenvalue weighted by atomic mass is 35.5. The molecule has 0 saturated carbocycles. The van der Waals surface area contributed by atoms with Crippen LogP contribution in [0, 0.1) is 0 Å². The molecule has 5 heteroatoms. The van der Waals surface area contributed by atoms with E-state index in [1.165, 1.54) is 0 Å². The summed E-state index contributed by atoms with van der Waals surface area (Å²) in [4.78, 5) is 8.63. The molecule has 19 heavy (non-hydrogen) atoms. The molecule has 0 spiro atoms. The van der Waals surface area contributed by atoms with Crippen LogP contribution in [0.25, 0.3) is 0 Å². The molecule has 0 aliphatic rings. The lowest BCUT2D eigenvalue weighted by Gasteiger charge is -2.09. The van der Waals surface area contributed by atoms with Gasteiger partial charge < -0.3 is 10.1 Å². The van der Waals surface area contributed by atoms with Crippen LogP contribution in [0.5, 0.6) is 0 Å². The number of nitrogens with one attached hydrogen (secondary N) is 1. The van der Waals surface area contributed by atoms with Crippen molar-refractivity contribution in [3.63, 3.8) is 0 Å². The predicted octanol–water partition coefficient (Wildman–Crippen LogP) is 3.70. The Kier molecular flexibility index (Phi) is 7.75. The van der Waals surface area contributed by atoms with Crippen LogP contribution in [-0.2, 0) is 11.2 Å². The van der Waals surface area contributed by atoms with Crippen LogP contribution in [0.15, 0.2) is 6.07 Å². The monoisotopic (exact) mass is 285 g/mol. The van der Waals surface area contributed by atoms with E-state index in [2.05, 4.69) is 36.1 Å². The fourth-order valence-electron chi connectivity index (χ4n) is 1.65. The van der Waals surface area contributed by atoms with E-state index in [4.69, 9.17) is 16.3 Å². The summed E-state index contributed by atoms with van der Waals surface area (Å²) in [5.41, 5.74) is 0. The lowest BCUT2D eigenvalue weighted by Crippen LogP contribution is -2.08. The zero-order valence-electron chi connectivity index (χ0n) is 12.1. The topological polar surface area (TPSA) is 47.0 Å². The van der Waals surface area contributed by atoms with Crippen molar-refractivity contribution in [2.24, 2.45) is 0 Å². The van der Waals surface area contributed by atoms with Gasteiger partial charge in [-0.3, -0.25) is 0 Å². The van der Waals surface area contributed by atoms with Gasteiger partial charge in [-0.25, -0.2) is 9.97 Å². The fourth-order valence-corrected chi connectivity index (χ4v) is 1.85. The molecule has 0 fully saturated rings. The van der Waals surface area contributed by atoms with Gasteiger partial charge in [0.05, 0.1) is 6.10 Å². The second-order valence-electron chi connectivity index (χ2n) is 4.80. The number of rotatable bonds is 9. The Bertz CT molecular complexity index is 372. The Labute approximate surface area is 120 Å². The van der Waals surface area contributed by atoms with Crippen LogP contribution in [0.3, 0.4) is 0 Å². The van der Waals surface area contributed by atoms with Crippen molar-refractivity contribution >= 4 is 17.4 Å². The van der Waals surface area contributed by atoms with E-state index in [0.717, 1.165) is 50.5 Å². The Balaban J connectivity index is 2.28. The molecule has 0 saturated heterocycles. The van der Waals surface area contributed by atoms with E-state index < -0.39 is 0 Å². The highest BCUT2D eigenvalue weighted by molar-refractivity contribution is 6.29. The molecule has 1 aromatic rings. The van der Waals surface area contributed by atoms with E-state index in [1.54, 1.807) is 6.07 Å². The molecule has 1 N–H and O–H groups in total. The second-order valence-corrected chi connectivity index (χ2v) is 5.18. The summed E-state index contributed by atoms with van der Waals surface area (Å²) >= 11 is 5.97. The quantitative estimate of drug-likeness (QED) is 0.555. The van der Waals surface area contributed by atoms with Gasteiger partial charge in [0.1, 0.15) is 16.8 Å². The molecule has 4 nitrogen and oxygen atoms in total. The number of anilines is 1. The molecule has 0 atom stereocenters. The number of ether oxygens (including phenoxy) is 1. The van der Waals surface area contributed by atoms with E-state index >= 15 is 0 Å². The minimum absolute atomic E-state index is 0.310. The third kappa shape index (κ3) is 7.33. The Morgan fingerprint density at radius 3 is 2.79 bits per heavy atom. The van der Waals surface area contributed by atoms with Gasteiger partial charge in [0.15, 0.2) is 0 Å². The third-order valence-electron chi connectivity index (χ3n) is 2.54. The first-order chi connectivity index (χ1) is 9.11. The largest absolute Gasteiger partial charge is 0.379 e. The number of aryl methyl sites for hydroxylation is 1. The molecule has 0 aliphatic heterocycles. The second kappa shape index (κ2) is 9.10. The Morgan fingerprint density at radius 2 is 2.11 bits per heavy atom. The maximum absolute atomic E-state index is 5.97. The van der Waals surface area contributed by atoms with E-state index in [0.29, 0.717) is 11.3 Å². The summed E-state index contributed by atoms with van der Waals surface area (Å²) in [7, 11) is 0. The van der Waals surface area contributed by atoms with Crippen molar-refractivity contribution in [2.75, 3.05) is 18.5 Å². The van der Waals surface area contributed by atoms with Crippen molar-refractivity contribution in [1.29, 1.82) is 0 Å². The van der Waals surface area contributed by atoms with Crippen molar-refractivity contribution in [3.05, 3.63) is 17.0 Å². The minimum atomic E-state index is 0.310. The molecule has 1 aromatic heterocycles. The summed E-state index contributed by atoms with van der Waals surface area (Å²) in [5, 5.41) is 3.79. The maximum atomic E-state index is 5.97. The first-order valence-electron chi connectivity index (χ1n) is 7.00. The zero-order valence-corrected chi connectivity index (χ0v) is 12.8. The van der Waals surface area contributed by atoms with Gasteiger partial charge in [-0.2, -0.15) is 0 Å². The van der Waals surface area contributed by atoms with Crippen molar-refractivity contribution in [3.8, 4) is 0 Å². The normalized spacial score (nSPS) is 11.0. The standard InChI is InChI=1S/C14H24ClN3O/c1-4-7-13-17-12(15)10-14(18-13)16-8-5-6-9-19-11(2)3/h10-11H,4-9H2,1-3H3,(H,16,17,18). The Morgan fingerprint density at radius 1 is 1.32 bits per heavy atom. The smallest absolute Gasteiger partial charge is 0.134 e. The lowest BCUT2D eigenvalue weighted by molar-refractivity contribution is 0.0765. The van der Waals surface area contributed by atoms with Gasteiger partial charge in [0.2, 0.25) is 0 Å². The van der Waals surface area contributed by atoms with Crippen LogP contribution in [0.2, 0.25) is 5.15 Å². The highest BCUT2D eigenvalue weighted by Gasteiger charge is 2.02. The summed E-state index contributed by atoms with van der Waals surface area (Å²) in [6.45, 7) is 7.89. The molecule has 0 bridgehead atoms. The summed E-state index contributed by atoms with van der Waals surface area (Å²) in [6, 6.07) is 1.77. The van der Waals surface area contributed by atoms with Crippen LogP contribution in [0.4, 0.5) is 5.82 Å². The lowest BCUT2D eigenvalue weighted by atomic mass is 10.3. The van der Waals surface area contributed by atoms with Gasteiger partial charge in [-0.1, -0.05) is 18.5 Å². The number of aromatic nitrogens is 2. The van der Waals surface area contributed by atoms with Crippen LogP contribution < -0.4 is 5.32 Å². The number of halogens is 1. The van der Waals surface area contributed by atoms with E-state index in [1.807, 2.05) is 0 Å². The molecular formula is C14H24ClN3O. The SMILES string of the molecule is CCCc1nc(Cl)cc(NCCCCOC(C)C)n1. The molecule has 1 rings (SSSR count). The number of unbranched alkanes of at least 4 members (excludes halogenated alkanes) is 1. The minimum Gasteiger partial charge on any atom is -0.379 e. The molecule has 0 unspecified atom stereocenters. The summed E-state index contributed by atoms with van der Waals surface area (Å²) < 4.78 is 5.49. The molecule has 108 valence electrons. The average molecular weight is 286 g/mol. The summed E-state index contributed by atoms with van der Waals surface area (Å²) in [5.74, 6) is 1.62. The highest BCUT2D eigenvalue weighted by Crippen LogP contribution is 2.12. The first kappa shape index (κ1) is 16.2. The molecule has 0 radical (unpaired) electrons. The Hall–Kier alpha value is -0.870. The van der Waals surface area contributed by atoms with Crippen molar-refractivity contribution < 1.29 is 4.74 Å². The molecule has 0 aromatic carbocycles. The molecule has 0 amide bonds. The number of nitrogens with zero attached hydrogens (tertiary/aromatic N) is 2. The third-order valence-corrected chi connectivity index (χ3v) is 2.74. The predicted molar refractivity (Wildman–Crippen MR) is 79.8 cm³/mol. The molecular weight excluding hydrogens is 262 g/mol. The number of hydrogen-bond acceptors (Lipinski definition) is 4. The van der Waals surface area contributed by atoms with Gasteiger partial charge in [-0.05, 0) is 33.1 Å². The van der Waals surface area contributed by atoms with Gasteiger partial charge in [-0.15, -0.1) is 0 Å². The average Bonchev–Trinajstić information content (AvgIpc) is 2.33. The van der Waals surface area contributed by atoms with Crippen LogP contribution in [-0.4, -0.2) is 29.2 Å². The van der Waals surface area contributed by atoms with Crippen LogP contribution in [0.1, 0.15) is 45.9 Å². The maximum Gasteiger partial charge on any atom is 0.134 e. The van der Waals surface area contributed by atoms with Crippen molar-refractivity contribution in [1.82, 2.24) is 9.97 Å². The molecule has 1 heterocycles. The van der Waals surface area contributed by atoms with Crippen molar-refractivity contribution in [2.45, 2.75) is 52.6 Å². The fraction of sp³-hybridized carbons (Fsp3) is 0.714. The van der Waals surface area contributed by atoms with E-state index in [-0.39, 0.29) is 0 Å². The number of hydrogen-bond donors (Lipinski definition) is 1. The van der Waals surface area contributed by atoms with Gasteiger partial charge >= 0.3 is 0 Å². The zero-order chi connectivity index (χ0) is 14.1. The molecule has 0 aliphatic carbocycles.